The van der Waals surface area contributed by atoms with Crippen molar-refractivity contribution in [2.45, 2.75) is 18.8 Å². The van der Waals surface area contributed by atoms with E-state index in [0.29, 0.717) is 5.92 Å². The van der Waals surface area contributed by atoms with Crippen molar-refractivity contribution in [3.8, 4) is 0 Å². The minimum absolute atomic E-state index is 0.166. The molecule has 0 spiro atoms. The summed E-state index contributed by atoms with van der Waals surface area (Å²) in [6.45, 7) is 2.01. The molecule has 0 amide bonds. The number of nitrogens with one attached hydrogen (secondary N) is 1. The van der Waals surface area contributed by atoms with Crippen LogP contribution in [0.25, 0.3) is 10.9 Å². The van der Waals surface area contributed by atoms with Crippen LogP contribution in [-0.2, 0) is 0 Å². The smallest absolute Gasteiger partial charge is 0.142 e. The molecule has 2 aromatic rings. The summed E-state index contributed by atoms with van der Waals surface area (Å²) in [5.74, 6) is 8.47. The van der Waals surface area contributed by atoms with Crippen LogP contribution in [-0.4, -0.2) is 40.4 Å². The molecule has 0 radical (unpaired) electrons. The van der Waals surface area contributed by atoms with Crippen LogP contribution in [0.4, 0.5) is 4.39 Å². The Bertz CT molecular complexity index is 771. The molecule has 0 saturated carbocycles. The first-order valence-corrected chi connectivity index (χ1v) is 9.73. The van der Waals surface area contributed by atoms with Gasteiger partial charge in [-0.05, 0) is 42.7 Å². The van der Waals surface area contributed by atoms with Gasteiger partial charge in [-0.25, -0.2) is 4.39 Å². The van der Waals surface area contributed by atoms with E-state index in [0.717, 1.165) is 36.8 Å². The zero-order valence-electron chi connectivity index (χ0n) is 12.2. The van der Waals surface area contributed by atoms with Gasteiger partial charge in [-0.2, -0.15) is 9.39 Å². The molecule has 0 unspecified atom stereocenters. The van der Waals surface area contributed by atoms with Gasteiger partial charge in [0.2, 0.25) is 0 Å². The number of rotatable bonds is 2. The highest BCUT2D eigenvalue weighted by Gasteiger charge is 2.24. The van der Waals surface area contributed by atoms with Crippen molar-refractivity contribution in [3.05, 3.63) is 34.7 Å². The largest absolute Gasteiger partial charge is 0.361 e. The topological polar surface area (TPSA) is 19.0 Å². The van der Waals surface area contributed by atoms with Crippen molar-refractivity contribution < 1.29 is 4.39 Å². The lowest BCUT2D eigenvalue weighted by Crippen LogP contribution is -2.29. The van der Waals surface area contributed by atoms with E-state index in [-0.39, 0.29) is 10.8 Å². The third-order valence-electron chi connectivity index (χ3n) is 4.27. The lowest BCUT2D eigenvalue weighted by atomic mass is 9.90. The number of hydrogen-bond donors (Lipinski definition) is 1. The summed E-state index contributed by atoms with van der Waals surface area (Å²) in [6, 6.07) is 3.21. The number of hydrogen-bond acceptors (Lipinski definition) is 1. The maximum atomic E-state index is 13.7. The SMILES string of the molecule is C=S(=C)(C)N1CCC(c2c[nH]c3cc(Cl)c(F)cc23)CC1. The Labute approximate surface area is 130 Å². The van der Waals surface area contributed by atoms with Gasteiger partial charge in [0, 0.05) is 30.2 Å². The molecule has 1 fully saturated rings. The van der Waals surface area contributed by atoms with Gasteiger partial charge in [-0.15, -0.1) is 0 Å². The maximum absolute atomic E-state index is 13.7. The highest BCUT2D eigenvalue weighted by atomic mass is 35.5. The summed E-state index contributed by atoms with van der Waals surface area (Å²) in [5.41, 5.74) is 2.11. The normalized spacial score (nSPS) is 18.4. The van der Waals surface area contributed by atoms with Gasteiger partial charge in [0.1, 0.15) is 5.82 Å². The fraction of sp³-hybridized carbons (Fsp3) is 0.375. The van der Waals surface area contributed by atoms with Gasteiger partial charge in [-0.3, -0.25) is 4.31 Å². The van der Waals surface area contributed by atoms with E-state index in [1.165, 1.54) is 5.56 Å². The standard InChI is InChI=1S/C16H20ClFN2S/c1-21(2,3)20-6-4-11(5-7-20)13-10-19-16-9-14(17)15(18)8-12(13)16/h8-11,19H,1-2,4-7H2,3H3. The first-order chi connectivity index (χ1) is 9.86. The average molecular weight is 327 g/mol. The molecular weight excluding hydrogens is 307 g/mol. The van der Waals surface area contributed by atoms with E-state index in [9.17, 15) is 4.39 Å². The quantitative estimate of drug-likeness (QED) is 0.813. The molecule has 114 valence electrons. The monoisotopic (exact) mass is 326 g/mol. The van der Waals surface area contributed by atoms with E-state index in [1.54, 1.807) is 12.1 Å². The molecule has 0 atom stereocenters. The second-order valence-corrected chi connectivity index (χ2v) is 9.35. The van der Waals surface area contributed by atoms with Crippen LogP contribution in [0, 0.1) is 5.82 Å². The first kappa shape index (κ1) is 14.9. The third kappa shape index (κ3) is 2.85. The molecule has 3 rings (SSSR count). The molecular formula is C16H20ClFN2S. The first-order valence-electron chi connectivity index (χ1n) is 7.02. The zero-order valence-corrected chi connectivity index (χ0v) is 13.7. The van der Waals surface area contributed by atoms with E-state index >= 15 is 0 Å². The summed E-state index contributed by atoms with van der Waals surface area (Å²) in [5, 5.41) is 1.12. The molecule has 21 heavy (non-hydrogen) atoms. The summed E-state index contributed by atoms with van der Waals surface area (Å²) in [6.07, 6.45) is 6.24. The van der Waals surface area contributed by atoms with Gasteiger partial charge in [-0.1, -0.05) is 23.3 Å². The summed E-state index contributed by atoms with van der Waals surface area (Å²) in [4.78, 5) is 3.21. The Morgan fingerprint density at radius 3 is 2.62 bits per heavy atom. The van der Waals surface area contributed by atoms with E-state index in [2.05, 4.69) is 27.3 Å². The van der Waals surface area contributed by atoms with Crippen molar-refractivity contribution in [3.63, 3.8) is 0 Å². The molecule has 2 nitrogen and oxygen atoms in total. The lowest BCUT2D eigenvalue weighted by molar-refractivity contribution is 0.346. The Morgan fingerprint density at radius 1 is 1.33 bits per heavy atom. The predicted octanol–water partition coefficient (Wildman–Crippen LogP) is 4.35. The third-order valence-corrected chi connectivity index (χ3v) is 6.17. The average Bonchev–Trinajstić information content (AvgIpc) is 2.81. The van der Waals surface area contributed by atoms with Crippen LogP contribution in [0.5, 0.6) is 0 Å². The van der Waals surface area contributed by atoms with E-state index in [4.69, 9.17) is 11.6 Å². The summed E-state index contributed by atoms with van der Waals surface area (Å²) in [7, 11) is -1.12. The molecule has 1 aliphatic rings. The van der Waals surface area contributed by atoms with Crippen molar-refractivity contribution >= 4 is 43.6 Å². The fourth-order valence-electron chi connectivity index (χ4n) is 3.08. The minimum Gasteiger partial charge on any atom is -0.361 e. The maximum Gasteiger partial charge on any atom is 0.142 e. The van der Waals surface area contributed by atoms with Gasteiger partial charge < -0.3 is 4.98 Å². The van der Waals surface area contributed by atoms with Crippen molar-refractivity contribution in [1.29, 1.82) is 0 Å². The lowest BCUT2D eigenvalue weighted by Gasteiger charge is -2.35. The van der Waals surface area contributed by atoms with Crippen LogP contribution in [0.2, 0.25) is 5.02 Å². The number of fused-ring (bicyclic) bond motifs is 1. The molecule has 1 aromatic heterocycles. The number of nitrogens with zero attached hydrogens (tertiary/aromatic N) is 1. The molecule has 0 bridgehead atoms. The number of halogens is 2. The Balaban J connectivity index is 1.88. The number of H-pyrrole nitrogens is 1. The predicted molar refractivity (Wildman–Crippen MR) is 94.6 cm³/mol. The Hall–Kier alpha value is -0.970. The highest BCUT2D eigenvalue weighted by Crippen LogP contribution is 2.37. The molecule has 2 heterocycles. The van der Waals surface area contributed by atoms with Crippen LogP contribution in [0.1, 0.15) is 24.3 Å². The van der Waals surface area contributed by atoms with E-state index < -0.39 is 9.39 Å². The second-order valence-electron chi connectivity index (χ2n) is 5.98. The van der Waals surface area contributed by atoms with Crippen LogP contribution in [0.3, 0.4) is 0 Å². The molecule has 0 aliphatic carbocycles. The molecule has 1 saturated heterocycles. The van der Waals surface area contributed by atoms with Crippen LogP contribution in [0.15, 0.2) is 18.3 Å². The van der Waals surface area contributed by atoms with Crippen LogP contribution >= 0.6 is 21.0 Å². The van der Waals surface area contributed by atoms with Gasteiger partial charge in [0.15, 0.2) is 0 Å². The number of piperidine rings is 1. The Kier molecular flexibility index (Phi) is 3.80. The van der Waals surface area contributed by atoms with Crippen molar-refractivity contribution in [1.82, 2.24) is 9.29 Å². The van der Waals surface area contributed by atoms with Crippen molar-refractivity contribution in [2.24, 2.45) is 0 Å². The van der Waals surface area contributed by atoms with Crippen LogP contribution < -0.4 is 0 Å². The van der Waals surface area contributed by atoms with Gasteiger partial charge in [0.25, 0.3) is 0 Å². The molecule has 1 N–H and O–H groups in total. The number of benzene rings is 1. The highest BCUT2D eigenvalue weighted by molar-refractivity contribution is 8.25. The van der Waals surface area contributed by atoms with Gasteiger partial charge >= 0.3 is 0 Å². The van der Waals surface area contributed by atoms with Crippen molar-refractivity contribution in [2.75, 3.05) is 19.3 Å². The summed E-state index contributed by atoms with van der Waals surface area (Å²) < 4.78 is 16.1. The van der Waals surface area contributed by atoms with Gasteiger partial charge in [0.05, 0.1) is 5.02 Å². The molecule has 5 heteroatoms. The fourth-order valence-corrected chi connectivity index (χ4v) is 4.34. The second kappa shape index (κ2) is 5.34. The summed E-state index contributed by atoms with van der Waals surface area (Å²) >= 11 is 5.84. The number of aromatic amines is 1. The molecule has 1 aromatic carbocycles. The minimum atomic E-state index is -1.12. The Morgan fingerprint density at radius 2 is 2.00 bits per heavy atom. The molecule has 1 aliphatic heterocycles. The number of aromatic nitrogens is 1. The van der Waals surface area contributed by atoms with E-state index in [1.807, 2.05) is 6.20 Å². The zero-order chi connectivity index (χ0) is 15.2.